The first-order valence-electron chi connectivity index (χ1n) is 13.6. The molecule has 0 saturated heterocycles. The van der Waals surface area contributed by atoms with Gasteiger partial charge in [0.1, 0.15) is 5.75 Å². The maximum Gasteiger partial charge on any atom is 0.418 e. The quantitative estimate of drug-likeness (QED) is 0.208. The Bertz CT molecular complexity index is 1580. The summed E-state index contributed by atoms with van der Waals surface area (Å²) >= 11 is 0. The number of pyridine rings is 1. The van der Waals surface area contributed by atoms with Crippen LogP contribution in [0.4, 0.5) is 30.5 Å². The van der Waals surface area contributed by atoms with Crippen molar-refractivity contribution >= 4 is 23.2 Å². The van der Waals surface area contributed by atoms with Crippen molar-refractivity contribution in [2.24, 2.45) is 0 Å². The van der Waals surface area contributed by atoms with Gasteiger partial charge in [0.2, 0.25) is 11.8 Å². The number of halogens is 3. The van der Waals surface area contributed by atoms with Gasteiger partial charge in [-0.1, -0.05) is 0 Å². The SMILES string of the molecule is CNc1nccc(-c2cccnc2Oc2ccc(NC(=O)c3ccc(N(C)CCCN(C)C)c(C(F)(F)F)c3)cc2C)n1. The first-order chi connectivity index (χ1) is 20.5. The average molecular weight is 594 g/mol. The van der Waals surface area contributed by atoms with Crippen LogP contribution in [0.3, 0.4) is 0 Å². The van der Waals surface area contributed by atoms with E-state index in [4.69, 9.17) is 4.74 Å². The molecule has 0 aliphatic rings. The zero-order valence-electron chi connectivity index (χ0n) is 24.7. The number of alkyl halides is 3. The van der Waals surface area contributed by atoms with Crippen LogP contribution in [-0.2, 0) is 6.18 Å². The van der Waals surface area contributed by atoms with Gasteiger partial charge in [0.25, 0.3) is 5.91 Å². The summed E-state index contributed by atoms with van der Waals surface area (Å²) in [6, 6.07) is 13.9. The van der Waals surface area contributed by atoms with Crippen molar-refractivity contribution in [3.05, 3.63) is 83.7 Å². The molecule has 0 aliphatic carbocycles. The second-order valence-corrected chi connectivity index (χ2v) is 10.2. The molecule has 9 nitrogen and oxygen atoms in total. The van der Waals surface area contributed by atoms with Gasteiger partial charge in [0, 0.05) is 50.0 Å². The maximum absolute atomic E-state index is 14.0. The van der Waals surface area contributed by atoms with Crippen LogP contribution in [0.25, 0.3) is 11.3 Å². The number of ether oxygens (including phenoxy) is 1. The molecule has 4 aromatic rings. The number of aryl methyl sites for hydroxylation is 1. The van der Waals surface area contributed by atoms with E-state index in [9.17, 15) is 18.0 Å². The molecular weight excluding hydrogens is 559 g/mol. The summed E-state index contributed by atoms with van der Waals surface area (Å²) in [4.78, 5) is 29.5. The van der Waals surface area contributed by atoms with Crippen molar-refractivity contribution in [3.63, 3.8) is 0 Å². The van der Waals surface area contributed by atoms with E-state index in [1.54, 1.807) is 68.6 Å². The number of nitrogens with one attached hydrogen (secondary N) is 2. The number of aromatic nitrogens is 3. The summed E-state index contributed by atoms with van der Waals surface area (Å²) in [7, 11) is 7.16. The summed E-state index contributed by atoms with van der Waals surface area (Å²) in [5.74, 6) is 0.612. The monoisotopic (exact) mass is 593 g/mol. The molecule has 0 radical (unpaired) electrons. The fourth-order valence-electron chi connectivity index (χ4n) is 4.43. The Labute approximate surface area is 248 Å². The molecule has 226 valence electrons. The summed E-state index contributed by atoms with van der Waals surface area (Å²) in [5, 5.41) is 5.59. The lowest BCUT2D eigenvalue weighted by Gasteiger charge is -2.24. The summed E-state index contributed by atoms with van der Waals surface area (Å²) < 4.78 is 48.1. The van der Waals surface area contributed by atoms with Gasteiger partial charge in [-0.25, -0.2) is 15.0 Å². The molecule has 2 heterocycles. The van der Waals surface area contributed by atoms with E-state index < -0.39 is 17.6 Å². The predicted molar refractivity (Wildman–Crippen MR) is 162 cm³/mol. The van der Waals surface area contributed by atoms with Crippen molar-refractivity contribution in [1.82, 2.24) is 19.9 Å². The van der Waals surface area contributed by atoms with Gasteiger partial charge in [0.05, 0.1) is 16.8 Å². The van der Waals surface area contributed by atoms with Gasteiger partial charge in [0.15, 0.2) is 0 Å². The second-order valence-electron chi connectivity index (χ2n) is 10.2. The third-order valence-electron chi connectivity index (χ3n) is 6.64. The first-order valence-corrected chi connectivity index (χ1v) is 13.6. The molecule has 0 unspecified atom stereocenters. The molecule has 0 fully saturated rings. The molecule has 0 bridgehead atoms. The summed E-state index contributed by atoms with van der Waals surface area (Å²) in [6.45, 7) is 2.98. The van der Waals surface area contributed by atoms with Crippen molar-refractivity contribution in [2.75, 3.05) is 56.8 Å². The van der Waals surface area contributed by atoms with Crippen LogP contribution in [0.2, 0.25) is 0 Å². The van der Waals surface area contributed by atoms with E-state index in [2.05, 4.69) is 25.6 Å². The van der Waals surface area contributed by atoms with Crippen molar-refractivity contribution in [1.29, 1.82) is 0 Å². The molecule has 0 atom stereocenters. The second kappa shape index (κ2) is 13.5. The van der Waals surface area contributed by atoms with Gasteiger partial charge < -0.3 is 25.2 Å². The lowest BCUT2D eigenvalue weighted by molar-refractivity contribution is -0.137. The molecule has 4 rings (SSSR count). The standard InChI is InChI=1S/C31H34F3N7O2/c1-20-18-22(10-12-27(20)43-29-23(8-6-14-36-29)25-13-15-37-30(35-2)39-25)38-28(42)21-9-11-26(24(19-21)31(32,33)34)41(5)17-7-16-40(3)4/h6,8-15,18-19H,7,16-17H2,1-5H3,(H,38,42)(H,35,37,39). The Morgan fingerprint density at radius 2 is 1.77 bits per heavy atom. The van der Waals surface area contributed by atoms with Gasteiger partial charge in [-0.15, -0.1) is 0 Å². The highest BCUT2D eigenvalue weighted by Gasteiger charge is 2.35. The molecule has 0 spiro atoms. The highest BCUT2D eigenvalue weighted by Crippen LogP contribution is 2.37. The van der Waals surface area contributed by atoms with Crippen molar-refractivity contribution in [3.8, 4) is 22.9 Å². The molecule has 2 N–H and O–H groups in total. The van der Waals surface area contributed by atoms with Crippen LogP contribution in [0.15, 0.2) is 67.0 Å². The Balaban J connectivity index is 1.51. The van der Waals surface area contributed by atoms with E-state index in [1.807, 2.05) is 25.1 Å². The number of carbonyl (C=O) groups is 1. The topological polar surface area (TPSA) is 95.5 Å². The van der Waals surface area contributed by atoms with E-state index >= 15 is 0 Å². The molecular formula is C31H34F3N7O2. The summed E-state index contributed by atoms with van der Waals surface area (Å²) in [6.07, 6.45) is -0.696. The number of hydrogen-bond donors (Lipinski definition) is 2. The van der Waals surface area contributed by atoms with Crippen LogP contribution in [-0.4, -0.2) is 67.0 Å². The Morgan fingerprint density at radius 3 is 2.47 bits per heavy atom. The molecule has 2 aromatic carbocycles. The average Bonchev–Trinajstić information content (AvgIpc) is 2.97. The third kappa shape index (κ3) is 7.98. The smallest absolute Gasteiger partial charge is 0.418 e. The molecule has 2 aromatic heterocycles. The third-order valence-corrected chi connectivity index (χ3v) is 6.64. The minimum atomic E-state index is -4.62. The van der Waals surface area contributed by atoms with Crippen LogP contribution >= 0.6 is 0 Å². The lowest BCUT2D eigenvalue weighted by Crippen LogP contribution is -2.26. The van der Waals surface area contributed by atoms with Crippen molar-refractivity contribution < 1.29 is 22.7 Å². The van der Waals surface area contributed by atoms with E-state index in [-0.39, 0.29) is 11.3 Å². The lowest BCUT2D eigenvalue weighted by atomic mass is 10.1. The predicted octanol–water partition coefficient (Wildman–Crippen LogP) is 6.34. The maximum atomic E-state index is 14.0. The Kier molecular flexibility index (Phi) is 9.81. The zero-order valence-corrected chi connectivity index (χ0v) is 24.7. The van der Waals surface area contributed by atoms with Gasteiger partial charge in [-0.3, -0.25) is 4.79 Å². The molecule has 1 amide bonds. The number of benzene rings is 2. The minimum Gasteiger partial charge on any atom is -0.438 e. The highest BCUT2D eigenvalue weighted by atomic mass is 19.4. The van der Waals surface area contributed by atoms with E-state index in [0.717, 1.165) is 12.6 Å². The first kappa shape index (κ1) is 31.2. The van der Waals surface area contributed by atoms with E-state index in [1.165, 1.54) is 12.1 Å². The largest absolute Gasteiger partial charge is 0.438 e. The number of hydrogen-bond acceptors (Lipinski definition) is 8. The molecule has 0 saturated carbocycles. The fraction of sp³-hybridized carbons (Fsp3) is 0.290. The Hall–Kier alpha value is -4.71. The normalized spacial score (nSPS) is 11.4. The number of nitrogens with zero attached hydrogens (tertiary/aromatic N) is 5. The summed E-state index contributed by atoms with van der Waals surface area (Å²) in [5.41, 5.74) is 1.43. The molecule has 0 aliphatic heterocycles. The number of anilines is 3. The zero-order chi connectivity index (χ0) is 31.1. The van der Waals surface area contributed by atoms with Crippen LogP contribution in [0, 0.1) is 6.92 Å². The molecule has 12 heteroatoms. The van der Waals surface area contributed by atoms with Crippen LogP contribution in [0.5, 0.6) is 11.6 Å². The number of carbonyl (C=O) groups excluding carboxylic acids is 1. The minimum absolute atomic E-state index is 0.0261. The van der Waals surface area contributed by atoms with E-state index in [0.29, 0.717) is 53.1 Å². The fourth-order valence-corrected chi connectivity index (χ4v) is 4.43. The van der Waals surface area contributed by atoms with Crippen molar-refractivity contribution in [2.45, 2.75) is 19.5 Å². The number of rotatable bonds is 11. The van der Waals surface area contributed by atoms with Crippen LogP contribution < -0.4 is 20.3 Å². The van der Waals surface area contributed by atoms with Crippen LogP contribution in [0.1, 0.15) is 27.9 Å². The van der Waals surface area contributed by atoms with Gasteiger partial charge in [-0.05, 0) is 94.1 Å². The number of amides is 1. The Morgan fingerprint density at radius 1 is 0.977 bits per heavy atom. The molecule has 43 heavy (non-hydrogen) atoms. The van der Waals surface area contributed by atoms with Gasteiger partial charge >= 0.3 is 6.18 Å². The highest BCUT2D eigenvalue weighted by molar-refractivity contribution is 6.04. The van der Waals surface area contributed by atoms with Gasteiger partial charge in [-0.2, -0.15) is 13.2 Å².